The van der Waals surface area contributed by atoms with Gasteiger partial charge in [0.15, 0.2) is 5.69 Å². The maximum Gasteiger partial charge on any atom is 0.433 e. The summed E-state index contributed by atoms with van der Waals surface area (Å²) in [5, 5.41) is 6.80. The highest BCUT2D eigenvalue weighted by molar-refractivity contribution is 5.38. The molecule has 3 nitrogen and oxygen atoms in total. The maximum atomic E-state index is 13.3. The van der Waals surface area contributed by atoms with Crippen LogP contribution in [0.1, 0.15) is 23.7 Å². The van der Waals surface area contributed by atoms with E-state index >= 15 is 0 Å². The third kappa shape index (κ3) is 3.01. The van der Waals surface area contributed by atoms with E-state index in [4.69, 9.17) is 0 Å². The molecule has 0 aliphatic heterocycles. The zero-order valence-corrected chi connectivity index (χ0v) is 11.3. The Morgan fingerprint density at radius 3 is 2.65 bits per heavy atom. The minimum atomic E-state index is -4.44. The van der Waals surface area contributed by atoms with Gasteiger partial charge >= 0.3 is 6.18 Å². The van der Waals surface area contributed by atoms with Gasteiger partial charge in [-0.1, -0.05) is 19.1 Å². The van der Waals surface area contributed by atoms with Gasteiger partial charge in [-0.25, -0.2) is 4.68 Å². The Bertz CT molecular complexity index is 588. The van der Waals surface area contributed by atoms with Gasteiger partial charge in [-0.3, -0.25) is 0 Å². The summed E-state index contributed by atoms with van der Waals surface area (Å²) in [5.74, 6) is 0. The van der Waals surface area contributed by atoms with Crippen LogP contribution in [-0.4, -0.2) is 16.3 Å². The number of rotatable bonds is 4. The average molecular weight is 283 g/mol. The number of alkyl halides is 3. The van der Waals surface area contributed by atoms with E-state index in [9.17, 15) is 13.2 Å². The Hall–Kier alpha value is -1.82. The second kappa shape index (κ2) is 5.66. The quantitative estimate of drug-likeness (QED) is 0.933. The predicted octanol–water partition coefficient (Wildman–Crippen LogP) is 3.31. The van der Waals surface area contributed by atoms with Crippen LogP contribution < -0.4 is 5.32 Å². The minimum absolute atomic E-state index is 0.150. The Morgan fingerprint density at radius 2 is 2.05 bits per heavy atom. The minimum Gasteiger partial charge on any atom is -0.313 e. The number of nitrogens with one attached hydrogen (secondary N) is 1. The monoisotopic (exact) mass is 283 g/mol. The molecule has 0 saturated heterocycles. The molecule has 0 fully saturated rings. The summed E-state index contributed by atoms with van der Waals surface area (Å²) in [6, 6.07) is 6.85. The molecule has 108 valence electrons. The van der Waals surface area contributed by atoms with Gasteiger partial charge in [-0.15, -0.1) is 0 Å². The Labute approximate surface area is 115 Å². The van der Waals surface area contributed by atoms with Crippen LogP contribution in [0.5, 0.6) is 0 Å². The van der Waals surface area contributed by atoms with Crippen LogP contribution >= 0.6 is 0 Å². The van der Waals surface area contributed by atoms with Crippen molar-refractivity contribution in [1.82, 2.24) is 15.1 Å². The molecule has 1 N–H and O–H groups in total. The van der Waals surface area contributed by atoms with E-state index in [1.54, 1.807) is 18.2 Å². The molecule has 0 bridgehead atoms. The molecule has 0 amide bonds. The van der Waals surface area contributed by atoms with Crippen LogP contribution in [0.4, 0.5) is 13.2 Å². The zero-order valence-electron chi connectivity index (χ0n) is 11.3. The largest absolute Gasteiger partial charge is 0.433 e. The lowest BCUT2D eigenvalue weighted by molar-refractivity contribution is -0.143. The number of hydrogen-bond donors (Lipinski definition) is 1. The van der Waals surface area contributed by atoms with Crippen LogP contribution in [0.15, 0.2) is 30.5 Å². The summed E-state index contributed by atoms with van der Waals surface area (Å²) in [6.07, 6.45) is -3.17. The number of halogens is 3. The summed E-state index contributed by atoms with van der Waals surface area (Å²) in [6.45, 7) is 4.43. The molecule has 2 rings (SSSR count). The second-order valence-electron chi connectivity index (χ2n) is 4.55. The fraction of sp³-hybridized carbons (Fsp3) is 0.357. The van der Waals surface area contributed by atoms with Gasteiger partial charge in [0, 0.05) is 12.1 Å². The van der Waals surface area contributed by atoms with Crippen LogP contribution in [0.2, 0.25) is 0 Å². The Kier molecular flexibility index (Phi) is 4.13. The fourth-order valence-electron chi connectivity index (χ4n) is 2.03. The third-order valence-corrected chi connectivity index (χ3v) is 2.93. The van der Waals surface area contributed by atoms with E-state index in [1.807, 2.05) is 19.9 Å². The zero-order chi connectivity index (χ0) is 14.8. The summed E-state index contributed by atoms with van der Waals surface area (Å²) < 4.78 is 40.8. The molecule has 0 atom stereocenters. The molecule has 0 aliphatic carbocycles. The molecule has 1 aromatic heterocycles. The smallest absolute Gasteiger partial charge is 0.313 e. The first-order chi connectivity index (χ1) is 9.43. The number of aromatic nitrogens is 2. The molecule has 1 aromatic carbocycles. The SMILES string of the molecule is CCNCc1cnn(-c2cccc(C)c2)c1C(F)(F)F. The first-order valence-corrected chi connectivity index (χ1v) is 6.35. The van der Waals surface area contributed by atoms with E-state index in [0.29, 0.717) is 12.2 Å². The highest BCUT2D eigenvalue weighted by atomic mass is 19.4. The molecular formula is C14H16F3N3. The van der Waals surface area contributed by atoms with E-state index in [-0.39, 0.29) is 12.1 Å². The van der Waals surface area contributed by atoms with Gasteiger partial charge in [0.1, 0.15) is 0 Å². The van der Waals surface area contributed by atoms with Gasteiger partial charge in [-0.05, 0) is 31.2 Å². The molecule has 0 radical (unpaired) electrons. The van der Waals surface area contributed by atoms with Gasteiger partial charge in [0.2, 0.25) is 0 Å². The summed E-state index contributed by atoms with van der Waals surface area (Å²) in [7, 11) is 0. The highest BCUT2D eigenvalue weighted by Gasteiger charge is 2.38. The van der Waals surface area contributed by atoms with Gasteiger partial charge in [-0.2, -0.15) is 18.3 Å². The molecule has 6 heteroatoms. The van der Waals surface area contributed by atoms with Crippen molar-refractivity contribution in [3.05, 3.63) is 47.3 Å². The average Bonchev–Trinajstić information content (AvgIpc) is 2.80. The van der Waals surface area contributed by atoms with E-state index < -0.39 is 11.9 Å². The molecule has 20 heavy (non-hydrogen) atoms. The molecule has 0 saturated carbocycles. The summed E-state index contributed by atoms with van der Waals surface area (Å²) >= 11 is 0. The number of benzene rings is 1. The van der Waals surface area contributed by atoms with E-state index in [0.717, 1.165) is 10.2 Å². The normalized spacial score (nSPS) is 11.8. The van der Waals surface area contributed by atoms with Crippen LogP contribution in [0, 0.1) is 6.92 Å². The molecule has 0 spiro atoms. The topological polar surface area (TPSA) is 29.9 Å². The lowest BCUT2D eigenvalue weighted by Gasteiger charge is -2.13. The van der Waals surface area contributed by atoms with Crippen LogP contribution in [0.25, 0.3) is 5.69 Å². The first-order valence-electron chi connectivity index (χ1n) is 6.35. The Balaban J connectivity index is 2.51. The Morgan fingerprint density at radius 1 is 1.30 bits per heavy atom. The number of nitrogens with zero attached hydrogens (tertiary/aromatic N) is 2. The maximum absolute atomic E-state index is 13.3. The van der Waals surface area contributed by atoms with Crippen LogP contribution in [0.3, 0.4) is 0 Å². The van der Waals surface area contributed by atoms with Crippen molar-refractivity contribution in [3.8, 4) is 5.69 Å². The van der Waals surface area contributed by atoms with Crippen molar-refractivity contribution in [3.63, 3.8) is 0 Å². The number of aryl methyl sites for hydroxylation is 1. The van der Waals surface area contributed by atoms with Crippen molar-refractivity contribution in [2.75, 3.05) is 6.54 Å². The lowest BCUT2D eigenvalue weighted by atomic mass is 10.2. The van der Waals surface area contributed by atoms with Crippen LogP contribution in [-0.2, 0) is 12.7 Å². The lowest BCUT2D eigenvalue weighted by Crippen LogP contribution is -2.19. The van der Waals surface area contributed by atoms with Crippen molar-refractivity contribution < 1.29 is 13.2 Å². The number of hydrogen-bond acceptors (Lipinski definition) is 2. The molecule has 0 unspecified atom stereocenters. The first kappa shape index (κ1) is 14.6. The van der Waals surface area contributed by atoms with E-state index in [2.05, 4.69) is 10.4 Å². The molecule has 2 aromatic rings. The summed E-state index contributed by atoms with van der Waals surface area (Å²) in [5.41, 5.74) is 0.740. The van der Waals surface area contributed by atoms with Crippen molar-refractivity contribution >= 4 is 0 Å². The van der Waals surface area contributed by atoms with Crippen molar-refractivity contribution in [2.45, 2.75) is 26.6 Å². The second-order valence-corrected chi connectivity index (χ2v) is 4.55. The van der Waals surface area contributed by atoms with Gasteiger partial charge < -0.3 is 5.32 Å². The van der Waals surface area contributed by atoms with E-state index in [1.165, 1.54) is 6.20 Å². The van der Waals surface area contributed by atoms with Gasteiger partial charge in [0.05, 0.1) is 11.9 Å². The van der Waals surface area contributed by atoms with Crippen molar-refractivity contribution in [2.24, 2.45) is 0 Å². The predicted molar refractivity (Wildman–Crippen MR) is 70.7 cm³/mol. The summed E-state index contributed by atoms with van der Waals surface area (Å²) in [4.78, 5) is 0. The fourth-order valence-corrected chi connectivity index (χ4v) is 2.03. The molecule has 1 heterocycles. The van der Waals surface area contributed by atoms with Gasteiger partial charge in [0.25, 0.3) is 0 Å². The third-order valence-electron chi connectivity index (χ3n) is 2.93. The molecular weight excluding hydrogens is 267 g/mol. The highest BCUT2D eigenvalue weighted by Crippen LogP contribution is 2.33. The standard InChI is InChI=1S/C14H16F3N3/c1-3-18-8-11-9-19-20(13(11)14(15,16)17)12-6-4-5-10(2)7-12/h4-7,9,18H,3,8H2,1-2H3. The molecule has 0 aliphatic rings. The van der Waals surface area contributed by atoms with Crippen molar-refractivity contribution in [1.29, 1.82) is 0 Å².